The smallest absolute Gasteiger partial charge is 0.0963 e. The van der Waals surface area contributed by atoms with E-state index in [1.165, 1.54) is 12.2 Å². The largest absolute Gasteiger partial charge is 0.387 e. The number of thioether (sulfide) groups is 1. The molecule has 0 atom stereocenters. The minimum Gasteiger partial charge on any atom is -0.387 e. The summed E-state index contributed by atoms with van der Waals surface area (Å²) >= 11 is 2.01. The Kier molecular flexibility index (Phi) is 4.93. The van der Waals surface area contributed by atoms with Gasteiger partial charge in [-0.1, -0.05) is 20.3 Å². The van der Waals surface area contributed by atoms with Crippen LogP contribution in [0.4, 0.5) is 0 Å². The molecule has 0 aromatic heterocycles. The van der Waals surface area contributed by atoms with E-state index in [1.807, 2.05) is 25.6 Å². The normalized spacial score (nSPS) is 17.5. The number of hydrogen-bond donors (Lipinski definition) is 2. The van der Waals surface area contributed by atoms with Crippen LogP contribution in [0.25, 0.3) is 0 Å². The van der Waals surface area contributed by atoms with Crippen LogP contribution in [0.5, 0.6) is 0 Å². The topological polar surface area (TPSA) is 59.1 Å². The summed E-state index contributed by atoms with van der Waals surface area (Å²) in [6.07, 6.45) is 3.40. The van der Waals surface area contributed by atoms with Crippen LogP contribution < -0.4 is 5.73 Å². The fourth-order valence-electron chi connectivity index (χ4n) is 1.36. The van der Waals surface area contributed by atoms with Gasteiger partial charge >= 0.3 is 0 Å². The summed E-state index contributed by atoms with van der Waals surface area (Å²) in [4.78, 5) is 0. The first-order chi connectivity index (χ1) is 7.02. The zero-order valence-electron chi connectivity index (χ0n) is 9.71. The van der Waals surface area contributed by atoms with Gasteiger partial charge in [0, 0.05) is 5.41 Å². The molecule has 15 heavy (non-hydrogen) atoms. The molecular formula is C11H22N2OS. The Bertz CT molecular complexity index is 215. The zero-order valence-corrected chi connectivity index (χ0v) is 10.5. The van der Waals surface area contributed by atoms with E-state index in [0.717, 1.165) is 31.3 Å². The number of nitrogens with one attached hydrogen (secondary N) is 1. The van der Waals surface area contributed by atoms with Crippen LogP contribution in [0.15, 0.2) is 0 Å². The van der Waals surface area contributed by atoms with E-state index in [1.54, 1.807) is 0 Å². The van der Waals surface area contributed by atoms with Crippen molar-refractivity contribution in [3.05, 3.63) is 0 Å². The maximum absolute atomic E-state index is 7.44. The molecule has 0 bridgehead atoms. The van der Waals surface area contributed by atoms with Crippen molar-refractivity contribution in [1.29, 1.82) is 5.41 Å². The second-order valence-electron chi connectivity index (χ2n) is 4.78. The molecule has 88 valence electrons. The molecule has 4 heteroatoms. The molecule has 0 amide bonds. The van der Waals surface area contributed by atoms with E-state index in [-0.39, 0.29) is 5.41 Å². The number of ether oxygens (including phenoxy) is 1. The molecular weight excluding hydrogens is 208 g/mol. The lowest BCUT2D eigenvalue weighted by molar-refractivity contribution is 0.0455. The Hall–Kier alpha value is -0.220. The van der Waals surface area contributed by atoms with Gasteiger partial charge in [-0.05, 0) is 18.6 Å². The molecule has 3 N–H and O–H groups in total. The first-order valence-corrected chi connectivity index (χ1v) is 6.61. The third-order valence-electron chi connectivity index (χ3n) is 2.89. The zero-order chi connectivity index (χ0) is 11.3. The lowest BCUT2D eigenvalue weighted by atomic mass is 9.86. The highest BCUT2D eigenvalue weighted by atomic mass is 32.2. The molecule has 1 aliphatic heterocycles. The molecule has 1 rings (SSSR count). The van der Waals surface area contributed by atoms with Crippen molar-refractivity contribution in [3.8, 4) is 0 Å². The highest BCUT2D eigenvalue weighted by molar-refractivity contribution is 8.00. The molecule has 0 saturated carbocycles. The second-order valence-corrected chi connectivity index (χ2v) is 6.19. The van der Waals surface area contributed by atoms with Crippen molar-refractivity contribution in [1.82, 2.24) is 0 Å². The summed E-state index contributed by atoms with van der Waals surface area (Å²) in [5, 5.41) is 8.18. The molecule has 0 aromatic carbocycles. The monoisotopic (exact) mass is 230 g/mol. The lowest BCUT2D eigenvalue weighted by Gasteiger charge is -2.26. The van der Waals surface area contributed by atoms with Crippen molar-refractivity contribution in [3.63, 3.8) is 0 Å². The Balaban J connectivity index is 1.98. The van der Waals surface area contributed by atoms with Gasteiger partial charge in [-0.15, -0.1) is 0 Å². The predicted octanol–water partition coefficient (Wildman–Crippen LogP) is 2.25. The minimum absolute atomic E-state index is 0.121. The Morgan fingerprint density at radius 2 is 2.13 bits per heavy atom. The summed E-state index contributed by atoms with van der Waals surface area (Å²) in [7, 11) is 0. The van der Waals surface area contributed by atoms with Crippen molar-refractivity contribution in [2.24, 2.45) is 11.1 Å². The highest BCUT2D eigenvalue weighted by Crippen LogP contribution is 2.25. The summed E-state index contributed by atoms with van der Waals surface area (Å²) < 4.78 is 5.11. The number of rotatable bonds is 7. The van der Waals surface area contributed by atoms with E-state index in [9.17, 15) is 0 Å². The maximum atomic E-state index is 7.44. The Labute approximate surface area is 96.6 Å². The third kappa shape index (κ3) is 4.43. The molecule has 0 unspecified atom stereocenters. The predicted molar refractivity (Wildman–Crippen MR) is 66.6 cm³/mol. The second kappa shape index (κ2) is 5.75. The van der Waals surface area contributed by atoms with E-state index in [2.05, 4.69) is 0 Å². The minimum atomic E-state index is -0.121. The molecule has 0 spiro atoms. The SMILES string of the molecule is CC(C)(CCCCSC1COC1)C(=N)N. The van der Waals surface area contributed by atoms with Crippen LogP contribution in [0.3, 0.4) is 0 Å². The van der Waals surface area contributed by atoms with E-state index < -0.39 is 0 Å². The summed E-state index contributed by atoms with van der Waals surface area (Å²) in [5.74, 6) is 1.52. The van der Waals surface area contributed by atoms with Gasteiger partial charge in [0.15, 0.2) is 0 Å². The number of nitrogens with two attached hydrogens (primary N) is 1. The first kappa shape index (κ1) is 12.8. The van der Waals surface area contributed by atoms with Crippen molar-refractivity contribution < 1.29 is 4.74 Å². The van der Waals surface area contributed by atoms with Gasteiger partial charge < -0.3 is 10.5 Å². The van der Waals surface area contributed by atoms with Crippen LogP contribution in [0.1, 0.15) is 33.1 Å². The third-order valence-corrected chi connectivity index (χ3v) is 4.15. The first-order valence-electron chi connectivity index (χ1n) is 5.56. The molecule has 0 aliphatic carbocycles. The van der Waals surface area contributed by atoms with Crippen LogP contribution >= 0.6 is 11.8 Å². The number of hydrogen-bond acceptors (Lipinski definition) is 3. The van der Waals surface area contributed by atoms with Crippen LogP contribution in [-0.2, 0) is 4.74 Å². The van der Waals surface area contributed by atoms with Gasteiger partial charge in [-0.25, -0.2) is 0 Å². The molecule has 1 saturated heterocycles. The van der Waals surface area contributed by atoms with Crippen LogP contribution in [0.2, 0.25) is 0 Å². The standard InChI is InChI=1S/C11H22N2OS/c1-11(2,10(12)13)5-3-4-6-15-9-7-14-8-9/h9H,3-8H2,1-2H3,(H3,12,13). The van der Waals surface area contributed by atoms with E-state index in [4.69, 9.17) is 15.9 Å². The Morgan fingerprint density at radius 3 is 2.60 bits per heavy atom. The number of amidine groups is 1. The van der Waals surface area contributed by atoms with E-state index >= 15 is 0 Å². The number of unbranched alkanes of at least 4 members (excludes halogenated alkanes) is 1. The fourth-order valence-corrected chi connectivity index (χ4v) is 2.45. The molecule has 1 aliphatic rings. The maximum Gasteiger partial charge on any atom is 0.0963 e. The van der Waals surface area contributed by atoms with E-state index in [0.29, 0.717) is 5.84 Å². The molecule has 0 aromatic rings. The van der Waals surface area contributed by atoms with Gasteiger partial charge in [0.2, 0.25) is 0 Å². The van der Waals surface area contributed by atoms with Gasteiger partial charge in [0.05, 0.1) is 24.3 Å². The summed E-state index contributed by atoms with van der Waals surface area (Å²) in [6.45, 7) is 5.96. The van der Waals surface area contributed by atoms with Crippen LogP contribution in [-0.4, -0.2) is 30.1 Å². The highest BCUT2D eigenvalue weighted by Gasteiger charge is 2.21. The van der Waals surface area contributed by atoms with Crippen molar-refractivity contribution >= 4 is 17.6 Å². The molecule has 3 nitrogen and oxygen atoms in total. The fraction of sp³-hybridized carbons (Fsp3) is 0.909. The average molecular weight is 230 g/mol. The summed E-state index contributed by atoms with van der Waals surface area (Å²) in [6, 6.07) is 0. The van der Waals surface area contributed by atoms with Gasteiger partial charge in [0.25, 0.3) is 0 Å². The van der Waals surface area contributed by atoms with Gasteiger partial charge in [-0.2, -0.15) is 11.8 Å². The summed E-state index contributed by atoms with van der Waals surface area (Å²) in [5.41, 5.74) is 5.40. The lowest BCUT2D eigenvalue weighted by Crippen LogP contribution is -2.31. The quantitative estimate of drug-likeness (QED) is 0.400. The van der Waals surface area contributed by atoms with Gasteiger partial charge in [0.1, 0.15) is 0 Å². The van der Waals surface area contributed by atoms with Crippen molar-refractivity contribution in [2.75, 3.05) is 19.0 Å². The average Bonchev–Trinajstić information content (AvgIpc) is 2.07. The molecule has 1 heterocycles. The molecule has 0 radical (unpaired) electrons. The van der Waals surface area contributed by atoms with Crippen molar-refractivity contribution in [2.45, 2.75) is 38.4 Å². The molecule has 1 fully saturated rings. The van der Waals surface area contributed by atoms with Crippen LogP contribution in [0, 0.1) is 10.8 Å². The van der Waals surface area contributed by atoms with Gasteiger partial charge in [-0.3, -0.25) is 5.41 Å². The Morgan fingerprint density at radius 1 is 1.47 bits per heavy atom.